The van der Waals surface area contributed by atoms with E-state index < -0.39 is 0 Å². The SMILES string of the molecule is Cn1[nH]cc2cnc3nc(-c4ccc5ncccc5c4)cc3c21. The summed E-state index contributed by atoms with van der Waals surface area (Å²) in [7, 11) is 2.00. The molecule has 0 saturated heterocycles. The summed E-state index contributed by atoms with van der Waals surface area (Å²) in [5.74, 6) is 0. The first-order valence-electron chi connectivity index (χ1n) is 7.44. The van der Waals surface area contributed by atoms with Crippen LogP contribution in [0.25, 0.3) is 44.1 Å². The molecule has 0 fully saturated rings. The van der Waals surface area contributed by atoms with Gasteiger partial charge in [0.25, 0.3) is 0 Å². The summed E-state index contributed by atoms with van der Waals surface area (Å²) < 4.78 is 2.00. The van der Waals surface area contributed by atoms with Crippen molar-refractivity contribution >= 4 is 32.8 Å². The number of hydrogen-bond acceptors (Lipinski definition) is 3. The van der Waals surface area contributed by atoms with E-state index in [1.807, 2.05) is 42.5 Å². The number of aromatic amines is 1. The van der Waals surface area contributed by atoms with E-state index in [9.17, 15) is 0 Å². The molecule has 1 aromatic carbocycles. The van der Waals surface area contributed by atoms with Crippen molar-refractivity contribution in [2.24, 2.45) is 7.05 Å². The Morgan fingerprint density at radius 1 is 1.04 bits per heavy atom. The average molecular weight is 299 g/mol. The Kier molecular flexibility index (Phi) is 2.36. The lowest BCUT2D eigenvalue weighted by molar-refractivity contribution is 0.799. The molecule has 0 bridgehead atoms. The molecular formula is C18H13N5. The van der Waals surface area contributed by atoms with Gasteiger partial charge >= 0.3 is 0 Å². The molecule has 0 aliphatic heterocycles. The lowest BCUT2D eigenvalue weighted by Crippen LogP contribution is -1.89. The van der Waals surface area contributed by atoms with Crippen molar-refractivity contribution < 1.29 is 0 Å². The Morgan fingerprint density at radius 3 is 2.96 bits per heavy atom. The first-order valence-corrected chi connectivity index (χ1v) is 7.44. The summed E-state index contributed by atoms with van der Waals surface area (Å²) in [5.41, 5.74) is 4.90. The number of rotatable bonds is 1. The molecule has 23 heavy (non-hydrogen) atoms. The molecule has 110 valence electrons. The molecule has 0 aliphatic rings. The fraction of sp³-hybridized carbons (Fsp3) is 0.0556. The third kappa shape index (κ3) is 1.76. The quantitative estimate of drug-likeness (QED) is 0.514. The van der Waals surface area contributed by atoms with Gasteiger partial charge in [-0.3, -0.25) is 9.67 Å². The predicted molar refractivity (Wildman–Crippen MR) is 91.1 cm³/mol. The Labute approximate surface area is 131 Å². The molecule has 0 unspecified atom stereocenters. The molecule has 5 heteroatoms. The lowest BCUT2D eigenvalue weighted by Gasteiger charge is -2.00. The minimum absolute atomic E-state index is 0.772. The van der Waals surface area contributed by atoms with Gasteiger partial charge in [0, 0.05) is 47.4 Å². The van der Waals surface area contributed by atoms with Crippen LogP contribution in [0, 0.1) is 0 Å². The van der Waals surface area contributed by atoms with E-state index in [0.717, 1.165) is 44.1 Å². The number of nitrogens with one attached hydrogen (secondary N) is 1. The van der Waals surface area contributed by atoms with Crippen molar-refractivity contribution in [3.63, 3.8) is 0 Å². The van der Waals surface area contributed by atoms with Crippen LogP contribution in [0.3, 0.4) is 0 Å². The number of H-pyrrole nitrogens is 1. The first-order chi connectivity index (χ1) is 11.3. The molecule has 0 spiro atoms. The van der Waals surface area contributed by atoms with Gasteiger partial charge in [0.05, 0.1) is 16.7 Å². The summed E-state index contributed by atoms with van der Waals surface area (Å²) in [6, 6.07) is 12.3. The Morgan fingerprint density at radius 2 is 2.00 bits per heavy atom. The molecule has 5 nitrogen and oxygen atoms in total. The summed E-state index contributed by atoms with van der Waals surface area (Å²) in [5, 5.41) is 6.44. The number of nitrogens with zero attached hydrogens (tertiary/aromatic N) is 4. The largest absolute Gasteiger partial charge is 0.305 e. The van der Waals surface area contributed by atoms with Gasteiger partial charge in [0.15, 0.2) is 5.65 Å². The van der Waals surface area contributed by atoms with Crippen molar-refractivity contribution in [1.82, 2.24) is 24.7 Å². The standard InChI is InChI=1S/C18H13N5/c1-23-17-13(10-21-23)9-20-18-14(17)8-16(22-18)12-4-5-15-11(7-12)3-2-6-19-15/h2-10,21H,1H3. The van der Waals surface area contributed by atoms with Crippen LogP contribution < -0.4 is 0 Å². The molecule has 5 aromatic rings. The highest BCUT2D eigenvalue weighted by Gasteiger charge is 2.11. The molecule has 4 heterocycles. The minimum atomic E-state index is 0.772. The molecule has 4 aromatic heterocycles. The predicted octanol–water partition coefficient (Wildman–Crippen LogP) is 3.66. The third-order valence-corrected chi connectivity index (χ3v) is 4.25. The van der Waals surface area contributed by atoms with Gasteiger partial charge in [-0.1, -0.05) is 12.1 Å². The van der Waals surface area contributed by atoms with E-state index in [1.54, 1.807) is 0 Å². The Bertz CT molecular complexity index is 1180. The molecule has 0 saturated carbocycles. The monoisotopic (exact) mass is 299 g/mol. The maximum Gasteiger partial charge on any atom is 0.162 e. The van der Waals surface area contributed by atoms with E-state index in [1.165, 1.54) is 0 Å². The van der Waals surface area contributed by atoms with Crippen LogP contribution in [0.5, 0.6) is 0 Å². The molecular weight excluding hydrogens is 286 g/mol. The van der Waals surface area contributed by atoms with Crippen molar-refractivity contribution in [2.75, 3.05) is 0 Å². The Hall–Kier alpha value is -3.21. The van der Waals surface area contributed by atoms with Gasteiger partial charge in [-0.05, 0) is 24.3 Å². The summed E-state index contributed by atoms with van der Waals surface area (Å²) in [4.78, 5) is 13.5. The van der Waals surface area contributed by atoms with Gasteiger partial charge in [0.1, 0.15) is 0 Å². The average Bonchev–Trinajstić information content (AvgIpc) is 3.18. The topological polar surface area (TPSA) is 59.4 Å². The van der Waals surface area contributed by atoms with E-state index in [-0.39, 0.29) is 0 Å². The Balaban J connectivity index is 1.78. The zero-order chi connectivity index (χ0) is 15.4. The van der Waals surface area contributed by atoms with Crippen LogP contribution in [-0.2, 0) is 7.05 Å². The second-order valence-corrected chi connectivity index (χ2v) is 5.68. The normalized spacial score (nSPS) is 11.7. The first kappa shape index (κ1) is 12.3. The fourth-order valence-electron chi connectivity index (χ4n) is 3.12. The van der Waals surface area contributed by atoms with E-state index in [0.29, 0.717) is 0 Å². The highest BCUT2D eigenvalue weighted by molar-refractivity contribution is 6.04. The van der Waals surface area contributed by atoms with Crippen LogP contribution in [0.1, 0.15) is 0 Å². The zero-order valence-electron chi connectivity index (χ0n) is 12.5. The lowest BCUT2D eigenvalue weighted by atomic mass is 10.1. The van der Waals surface area contributed by atoms with Crippen LogP contribution >= 0.6 is 0 Å². The highest BCUT2D eigenvalue weighted by Crippen LogP contribution is 2.29. The number of aromatic nitrogens is 5. The summed E-state index contributed by atoms with van der Waals surface area (Å²) in [6.45, 7) is 0. The van der Waals surface area contributed by atoms with Gasteiger partial charge in [-0.15, -0.1) is 0 Å². The van der Waals surface area contributed by atoms with Crippen LogP contribution in [0.4, 0.5) is 0 Å². The molecule has 5 rings (SSSR count). The number of pyridine rings is 2. The maximum atomic E-state index is 4.70. The second kappa shape index (κ2) is 4.39. The number of hydrogen-bond donors (Lipinski definition) is 1. The zero-order valence-corrected chi connectivity index (χ0v) is 12.5. The van der Waals surface area contributed by atoms with E-state index in [4.69, 9.17) is 4.98 Å². The molecule has 0 radical (unpaired) electrons. The maximum absolute atomic E-state index is 4.70. The van der Waals surface area contributed by atoms with Gasteiger partial charge in [-0.25, -0.2) is 9.97 Å². The highest BCUT2D eigenvalue weighted by atomic mass is 15.2. The van der Waals surface area contributed by atoms with Crippen LogP contribution in [0.2, 0.25) is 0 Å². The number of benzene rings is 1. The minimum Gasteiger partial charge on any atom is -0.305 e. The number of fused-ring (bicyclic) bond motifs is 4. The smallest absolute Gasteiger partial charge is 0.162 e. The van der Waals surface area contributed by atoms with E-state index >= 15 is 0 Å². The van der Waals surface area contributed by atoms with Crippen LogP contribution in [-0.4, -0.2) is 24.7 Å². The second-order valence-electron chi connectivity index (χ2n) is 5.68. The third-order valence-electron chi connectivity index (χ3n) is 4.25. The van der Waals surface area contributed by atoms with Crippen molar-refractivity contribution in [3.05, 3.63) is 55.0 Å². The molecule has 0 amide bonds. The van der Waals surface area contributed by atoms with Crippen LogP contribution in [0.15, 0.2) is 55.0 Å². The fourth-order valence-corrected chi connectivity index (χ4v) is 3.12. The molecule has 0 atom stereocenters. The summed E-state index contributed by atoms with van der Waals surface area (Å²) >= 11 is 0. The summed E-state index contributed by atoms with van der Waals surface area (Å²) in [6.07, 6.45) is 5.62. The van der Waals surface area contributed by atoms with Crippen molar-refractivity contribution in [3.8, 4) is 11.3 Å². The van der Waals surface area contributed by atoms with Gasteiger partial charge < -0.3 is 5.10 Å². The molecule has 1 N–H and O–H groups in total. The number of aryl methyl sites for hydroxylation is 1. The van der Waals surface area contributed by atoms with Gasteiger partial charge in [-0.2, -0.15) is 0 Å². The van der Waals surface area contributed by atoms with Crippen molar-refractivity contribution in [2.45, 2.75) is 0 Å². The van der Waals surface area contributed by atoms with Gasteiger partial charge in [0.2, 0.25) is 0 Å². The van der Waals surface area contributed by atoms with Crippen molar-refractivity contribution in [1.29, 1.82) is 0 Å². The molecule has 0 aliphatic carbocycles. The van der Waals surface area contributed by atoms with E-state index in [2.05, 4.69) is 39.3 Å².